The SMILES string of the molecule is CN(C(=O)OC(C)(C)C)c1ccc(-c2ccc(B3OC(C)(C)C(C)(C)O3)cc2)cc1. The Morgan fingerprint density at radius 1 is 0.867 bits per heavy atom. The van der Waals surface area contributed by atoms with Crippen LogP contribution in [0.5, 0.6) is 0 Å². The molecule has 6 heteroatoms. The lowest BCUT2D eigenvalue weighted by atomic mass is 9.78. The highest BCUT2D eigenvalue weighted by Crippen LogP contribution is 2.36. The Balaban J connectivity index is 1.71. The Hall–Kier alpha value is -2.31. The molecule has 1 saturated heterocycles. The maximum Gasteiger partial charge on any atom is 0.494 e. The van der Waals surface area contributed by atoms with Crippen molar-refractivity contribution in [2.75, 3.05) is 11.9 Å². The first-order valence-corrected chi connectivity index (χ1v) is 10.3. The van der Waals surface area contributed by atoms with Crippen LogP contribution in [0.15, 0.2) is 48.5 Å². The van der Waals surface area contributed by atoms with Crippen LogP contribution in [0.2, 0.25) is 0 Å². The van der Waals surface area contributed by atoms with Crippen molar-refractivity contribution in [2.45, 2.75) is 65.3 Å². The van der Waals surface area contributed by atoms with Gasteiger partial charge in [-0.2, -0.15) is 0 Å². The summed E-state index contributed by atoms with van der Waals surface area (Å²) in [5.74, 6) is 0. The molecule has 5 nitrogen and oxygen atoms in total. The second kappa shape index (κ2) is 7.75. The Morgan fingerprint density at radius 3 is 1.73 bits per heavy atom. The summed E-state index contributed by atoms with van der Waals surface area (Å²) in [5, 5.41) is 0. The third-order valence-electron chi connectivity index (χ3n) is 5.69. The highest BCUT2D eigenvalue weighted by molar-refractivity contribution is 6.62. The van der Waals surface area contributed by atoms with Gasteiger partial charge in [-0.15, -0.1) is 0 Å². The second-order valence-electron chi connectivity index (χ2n) is 9.80. The zero-order valence-electron chi connectivity index (χ0n) is 19.3. The quantitative estimate of drug-likeness (QED) is 0.668. The molecule has 0 N–H and O–H groups in total. The fraction of sp³-hybridized carbons (Fsp3) is 0.458. The van der Waals surface area contributed by atoms with Crippen LogP contribution >= 0.6 is 0 Å². The van der Waals surface area contributed by atoms with Gasteiger partial charge in [0, 0.05) is 12.7 Å². The van der Waals surface area contributed by atoms with Crippen molar-refractivity contribution >= 4 is 24.4 Å². The van der Waals surface area contributed by atoms with E-state index >= 15 is 0 Å². The van der Waals surface area contributed by atoms with Crippen LogP contribution < -0.4 is 10.4 Å². The molecule has 1 aliphatic heterocycles. The molecule has 3 rings (SSSR count). The fourth-order valence-electron chi connectivity index (χ4n) is 3.13. The van der Waals surface area contributed by atoms with Gasteiger partial charge in [0.2, 0.25) is 0 Å². The molecule has 1 aliphatic rings. The minimum Gasteiger partial charge on any atom is -0.443 e. The van der Waals surface area contributed by atoms with Crippen LogP contribution in [-0.2, 0) is 14.0 Å². The van der Waals surface area contributed by atoms with Crippen molar-refractivity contribution in [3.05, 3.63) is 48.5 Å². The fourth-order valence-corrected chi connectivity index (χ4v) is 3.13. The molecule has 0 bridgehead atoms. The van der Waals surface area contributed by atoms with E-state index in [1.165, 1.54) is 4.90 Å². The van der Waals surface area contributed by atoms with Gasteiger partial charge >= 0.3 is 13.2 Å². The normalized spacial score (nSPS) is 17.7. The molecule has 0 aromatic heterocycles. The van der Waals surface area contributed by atoms with Crippen molar-refractivity contribution in [2.24, 2.45) is 0 Å². The summed E-state index contributed by atoms with van der Waals surface area (Å²) in [4.78, 5) is 13.8. The van der Waals surface area contributed by atoms with Gasteiger partial charge in [-0.05, 0) is 77.2 Å². The number of rotatable bonds is 3. The lowest BCUT2D eigenvalue weighted by Gasteiger charge is -2.32. The molecule has 160 valence electrons. The van der Waals surface area contributed by atoms with Gasteiger partial charge in [0.15, 0.2) is 0 Å². The molecule has 0 radical (unpaired) electrons. The van der Waals surface area contributed by atoms with E-state index in [9.17, 15) is 4.79 Å². The van der Waals surface area contributed by atoms with Crippen molar-refractivity contribution in [3.63, 3.8) is 0 Å². The first-order chi connectivity index (χ1) is 13.8. The van der Waals surface area contributed by atoms with E-state index in [4.69, 9.17) is 14.0 Å². The van der Waals surface area contributed by atoms with Crippen LogP contribution in [0.4, 0.5) is 10.5 Å². The average molecular weight is 409 g/mol. The minimum atomic E-state index is -0.524. The Labute approximate surface area is 180 Å². The standard InChI is InChI=1S/C24H32BNO4/c1-22(2,3)28-21(27)26(8)20-15-11-18(12-16-20)17-9-13-19(14-10-17)25-29-23(4,5)24(6,7)30-25/h9-16H,1-8H3. The van der Waals surface area contributed by atoms with E-state index in [0.717, 1.165) is 22.3 Å². The molecule has 0 spiro atoms. The second-order valence-corrected chi connectivity index (χ2v) is 9.80. The smallest absolute Gasteiger partial charge is 0.443 e. The minimum absolute atomic E-state index is 0.355. The molecule has 1 amide bonds. The van der Waals surface area contributed by atoms with Gasteiger partial charge in [0.25, 0.3) is 0 Å². The third-order valence-corrected chi connectivity index (χ3v) is 5.69. The van der Waals surface area contributed by atoms with E-state index < -0.39 is 5.60 Å². The predicted octanol–water partition coefficient (Wildman–Crippen LogP) is 5.02. The van der Waals surface area contributed by atoms with Crippen molar-refractivity contribution in [1.82, 2.24) is 0 Å². The number of benzene rings is 2. The van der Waals surface area contributed by atoms with Crippen molar-refractivity contribution in [1.29, 1.82) is 0 Å². The molecule has 0 unspecified atom stereocenters. The van der Waals surface area contributed by atoms with Gasteiger partial charge < -0.3 is 14.0 Å². The van der Waals surface area contributed by atoms with E-state index in [2.05, 4.69) is 39.8 Å². The van der Waals surface area contributed by atoms with E-state index in [0.29, 0.717) is 0 Å². The van der Waals surface area contributed by atoms with Gasteiger partial charge in [-0.1, -0.05) is 36.4 Å². The summed E-state index contributed by atoms with van der Waals surface area (Å²) in [7, 11) is 1.34. The summed E-state index contributed by atoms with van der Waals surface area (Å²) in [6, 6.07) is 16.0. The molecular weight excluding hydrogens is 377 g/mol. The molecule has 0 aliphatic carbocycles. The topological polar surface area (TPSA) is 48.0 Å². The average Bonchev–Trinajstić information content (AvgIpc) is 2.87. The third kappa shape index (κ3) is 4.71. The lowest BCUT2D eigenvalue weighted by molar-refractivity contribution is 0.00578. The number of ether oxygens (including phenoxy) is 1. The van der Waals surface area contributed by atoms with Crippen LogP contribution in [-0.4, -0.2) is 37.1 Å². The highest BCUT2D eigenvalue weighted by atomic mass is 16.7. The summed E-state index contributed by atoms with van der Waals surface area (Å²) < 4.78 is 17.7. The van der Waals surface area contributed by atoms with E-state index in [-0.39, 0.29) is 24.4 Å². The molecule has 0 saturated carbocycles. The zero-order valence-corrected chi connectivity index (χ0v) is 19.3. The molecule has 0 atom stereocenters. The summed E-state index contributed by atoms with van der Waals surface area (Å²) in [6.45, 7) is 13.8. The van der Waals surface area contributed by atoms with Gasteiger partial charge in [-0.3, -0.25) is 4.90 Å². The van der Waals surface area contributed by atoms with Crippen LogP contribution in [0.1, 0.15) is 48.5 Å². The number of nitrogens with zero attached hydrogens (tertiary/aromatic N) is 1. The number of anilines is 1. The lowest BCUT2D eigenvalue weighted by Crippen LogP contribution is -2.41. The van der Waals surface area contributed by atoms with Gasteiger partial charge in [-0.25, -0.2) is 4.79 Å². The Morgan fingerprint density at radius 2 is 1.30 bits per heavy atom. The first kappa shape index (κ1) is 22.4. The summed E-state index contributed by atoms with van der Waals surface area (Å²) in [5.41, 5.74) is 2.70. The summed E-state index contributed by atoms with van der Waals surface area (Å²) >= 11 is 0. The number of amides is 1. The van der Waals surface area contributed by atoms with Gasteiger partial charge in [0.1, 0.15) is 5.60 Å². The van der Waals surface area contributed by atoms with Gasteiger partial charge in [0.05, 0.1) is 11.2 Å². The molecule has 1 fully saturated rings. The number of hydrogen-bond donors (Lipinski definition) is 0. The van der Waals surface area contributed by atoms with E-state index in [1.54, 1.807) is 7.05 Å². The van der Waals surface area contributed by atoms with Crippen molar-refractivity contribution in [3.8, 4) is 11.1 Å². The molecular formula is C24H32BNO4. The summed E-state index contributed by atoms with van der Waals surface area (Å²) in [6.07, 6.45) is -0.373. The highest BCUT2D eigenvalue weighted by Gasteiger charge is 2.51. The van der Waals surface area contributed by atoms with Crippen molar-refractivity contribution < 1.29 is 18.8 Å². The monoisotopic (exact) mass is 409 g/mol. The van der Waals surface area contributed by atoms with E-state index in [1.807, 2.05) is 57.2 Å². The Kier molecular flexibility index (Phi) is 5.78. The van der Waals surface area contributed by atoms with Crippen LogP contribution in [0.3, 0.4) is 0 Å². The van der Waals surface area contributed by atoms with Crippen LogP contribution in [0.25, 0.3) is 11.1 Å². The number of carbonyl (C=O) groups excluding carboxylic acids is 1. The van der Waals surface area contributed by atoms with Crippen LogP contribution in [0, 0.1) is 0 Å². The largest absolute Gasteiger partial charge is 0.494 e. The molecule has 2 aromatic carbocycles. The number of hydrogen-bond acceptors (Lipinski definition) is 4. The number of carbonyl (C=O) groups is 1. The maximum absolute atomic E-state index is 12.2. The Bertz CT molecular complexity index is 882. The maximum atomic E-state index is 12.2. The predicted molar refractivity (Wildman–Crippen MR) is 122 cm³/mol. The molecule has 2 aromatic rings. The first-order valence-electron chi connectivity index (χ1n) is 10.3. The zero-order chi connectivity index (χ0) is 22.3. The molecule has 30 heavy (non-hydrogen) atoms. The molecule has 1 heterocycles.